The standard InChI is InChI=1S/C28H35F3N8O3/c1-3-19-24(37-14-13-32-18-5-6-20(18)37)25(41)23-26(36-39(35-23)17-7-11-34-22(15-17)42-2)38(19)16-21(40)33-12-10-27(8-4-9-27)28(29,30)31/h7,11,15,18,20,32H,3-6,8-10,12-14,16H2,1-2H3,(H,33,40)/t18-,20-/m0/s1. The summed E-state index contributed by atoms with van der Waals surface area (Å²) in [5, 5.41) is 15.4. The van der Waals surface area contributed by atoms with E-state index in [1.807, 2.05) is 6.92 Å². The fourth-order valence-electron chi connectivity index (χ4n) is 6.53. The number of aromatic nitrogens is 5. The molecule has 3 aromatic rings. The highest BCUT2D eigenvalue weighted by Gasteiger charge is 2.57. The molecule has 11 nitrogen and oxygen atoms in total. The van der Waals surface area contributed by atoms with Gasteiger partial charge in [-0.25, -0.2) is 4.98 Å². The number of fused-ring (bicyclic) bond motifs is 2. The number of methoxy groups -OCH3 is 1. The van der Waals surface area contributed by atoms with Crippen molar-refractivity contribution >= 4 is 22.8 Å². The van der Waals surface area contributed by atoms with E-state index < -0.39 is 17.5 Å². The number of anilines is 1. The number of hydrogen-bond acceptors (Lipinski definition) is 8. The van der Waals surface area contributed by atoms with Gasteiger partial charge in [-0.1, -0.05) is 13.3 Å². The summed E-state index contributed by atoms with van der Waals surface area (Å²) in [6.07, 6.45) is 0.236. The molecular formula is C28H35F3N8O3. The van der Waals surface area contributed by atoms with E-state index in [2.05, 4.69) is 30.7 Å². The maximum Gasteiger partial charge on any atom is 0.394 e. The van der Waals surface area contributed by atoms with Gasteiger partial charge in [-0.3, -0.25) is 9.59 Å². The van der Waals surface area contributed by atoms with Crippen LogP contribution in [0.3, 0.4) is 0 Å². The summed E-state index contributed by atoms with van der Waals surface area (Å²) in [4.78, 5) is 34.9. The first-order valence-corrected chi connectivity index (χ1v) is 14.5. The van der Waals surface area contributed by atoms with Crippen LogP contribution in [0.5, 0.6) is 5.88 Å². The van der Waals surface area contributed by atoms with E-state index in [0.717, 1.165) is 19.4 Å². The summed E-state index contributed by atoms with van der Waals surface area (Å²) in [5.41, 5.74) is 0.0628. The van der Waals surface area contributed by atoms with E-state index in [9.17, 15) is 22.8 Å². The number of nitrogens with zero attached hydrogens (tertiary/aromatic N) is 6. The second-order valence-electron chi connectivity index (χ2n) is 11.4. The lowest BCUT2D eigenvalue weighted by Crippen LogP contribution is -2.64. The van der Waals surface area contributed by atoms with Crippen LogP contribution in [0.2, 0.25) is 0 Å². The van der Waals surface area contributed by atoms with Crippen LogP contribution in [0.25, 0.3) is 16.9 Å². The molecule has 0 bridgehead atoms. The number of amides is 1. The Hall–Kier alpha value is -3.68. The molecule has 3 fully saturated rings. The molecule has 1 aliphatic heterocycles. The van der Waals surface area contributed by atoms with Crippen LogP contribution in [-0.4, -0.2) is 75.5 Å². The van der Waals surface area contributed by atoms with Crippen LogP contribution < -0.4 is 25.7 Å². The Morgan fingerprint density at radius 2 is 2.07 bits per heavy atom. The molecule has 1 saturated heterocycles. The Bertz CT molecular complexity index is 1550. The summed E-state index contributed by atoms with van der Waals surface area (Å²) < 4.78 is 47.8. The number of ether oxygens (including phenoxy) is 1. The molecule has 2 saturated carbocycles. The lowest BCUT2D eigenvalue weighted by molar-refractivity contribution is -0.252. The van der Waals surface area contributed by atoms with Gasteiger partial charge in [0.1, 0.15) is 12.2 Å². The molecule has 226 valence electrons. The highest BCUT2D eigenvalue weighted by Crippen LogP contribution is 2.55. The number of alkyl halides is 3. The second-order valence-corrected chi connectivity index (χ2v) is 11.4. The predicted molar refractivity (Wildman–Crippen MR) is 149 cm³/mol. The summed E-state index contributed by atoms with van der Waals surface area (Å²) in [5.74, 6) is -0.0995. The van der Waals surface area contributed by atoms with Crippen molar-refractivity contribution in [3.63, 3.8) is 0 Å². The van der Waals surface area contributed by atoms with E-state index in [0.29, 0.717) is 48.4 Å². The van der Waals surface area contributed by atoms with Gasteiger partial charge in [0.15, 0.2) is 11.2 Å². The van der Waals surface area contributed by atoms with Gasteiger partial charge < -0.3 is 24.8 Å². The first-order valence-electron chi connectivity index (χ1n) is 14.5. The number of hydrogen-bond donors (Lipinski definition) is 2. The van der Waals surface area contributed by atoms with Gasteiger partial charge >= 0.3 is 6.18 Å². The van der Waals surface area contributed by atoms with Crippen LogP contribution in [0, 0.1) is 5.41 Å². The minimum atomic E-state index is -4.29. The highest BCUT2D eigenvalue weighted by atomic mass is 19.4. The Balaban J connectivity index is 1.37. The van der Waals surface area contributed by atoms with E-state index in [-0.39, 0.29) is 55.0 Å². The quantitative estimate of drug-likeness (QED) is 0.392. The third-order valence-electron chi connectivity index (χ3n) is 9.20. The fraction of sp³-hybridized carbons (Fsp3) is 0.607. The number of carbonyl (C=O) groups excluding carboxylic acids is 1. The zero-order valence-corrected chi connectivity index (χ0v) is 23.7. The van der Waals surface area contributed by atoms with Crippen molar-refractivity contribution in [3.05, 3.63) is 34.2 Å². The number of pyridine rings is 2. The van der Waals surface area contributed by atoms with Gasteiger partial charge in [0.25, 0.3) is 0 Å². The molecule has 6 rings (SSSR count). The molecule has 4 heterocycles. The van der Waals surface area contributed by atoms with Crippen molar-refractivity contribution in [1.29, 1.82) is 0 Å². The molecule has 2 atom stereocenters. The van der Waals surface area contributed by atoms with E-state index in [4.69, 9.17) is 4.74 Å². The maximum absolute atomic E-state index is 14.1. The predicted octanol–water partition coefficient (Wildman–Crippen LogP) is 2.73. The summed E-state index contributed by atoms with van der Waals surface area (Å²) in [7, 11) is 1.49. The lowest BCUT2D eigenvalue weighted by atomic mass is 9.66. The van der Waals surface area contributed by atoms with E-state index >= 15 is 0 Å². The molecule has 3 aliphatic rings. The minimum Gasteiger partial charge on any atom is -0.481 e. The molecule has 2 aliphatic carbocycles. The molecule has 42 heavy (non-hydrogen) atoms. The average Bonchev–Trinajstić information content (AvgIpc) is 3.37. The zero-order valence-electron chi connectivity index (χ0n) is 23.7. The molecule has 3 aromatic heterocycles. The fourth-order valence-corrected chi connectivity index (χ4v) is 6.53. The Labute approximate surface area is 240 Å². The third kappa shape index (κ3) is 4.78. The molecule has 0 spiro atoms. The monoisotopic (exact) mass is 588 g/mol. The largest absolute Gasteiger partial charge is 0.481 e. The minimum absolute atomic E-state index is 0.0823. The van der Waals surface area contributed by atoms with Gasteiger partial charge in [0, 0.05) is 49.7 Å². The number of rotatable bonds is 9. The number of piperazine rings is 1. The van der Waals surface area contributed by atoms with Crippen molar-refractivity contribution in [2.45, 2.75) is 76.7 Å². The number of carbonyl (C=O) groups is 1. The molecule has 0 unspecified atom stereocenters. The van der Waals surface area contributed by atoms with Gasteiger partial charge in [-0.05, 0) is 44.6 Å². The summed E-state index contributed by atoms with van der Waals surface area (Å²) in [6, 6.07) is 3.77. The van der Waals surface area contributed by atoms with Crippen LogP contribution in [0.15, 0.2) is 23.1 Å². The third-order valence-corrected chi connectivity index (χ3v) is 9.20. The van der Waals surface area contributed by atoms with Crippen molar-refractivity contribution in [1.82, 2.24) is 35.2 Å². The van der Waals surface area contributed by atoms with Crippen LogP contribution in [-0.2, 0) is 17.8 Å². The smallest absolute Gasteiger partial charge is 0.394 e. The average molecular weight is 589 g/mol. The van der Waals surface area contributed by atoms with Crippen molar-refractivity contribution in [2.75, 3.05) is 31.6 Å². The molecule has 14 heteroatoms. The first kappa shape index (κ1) is 28.4. The molecule has 0 radical (unpaired) electrons. The van der Waals surface area contributed by atoms with Crippen molar-refractivity contribution in [3.8, 4) is 11.6 Å². The van der Waals surface area contributed by atoms with Gasteiger partial charge in [0.05, 0.1) is 18.2 Å². The molecular weight excluding hydrogens is 553 g/mol. The summed E-state index contributed by atoms with van der Waals surface area (Å²) >= 11 is 0. The lowest BCUT2D eigenvalue weighted by Gasteiger charge is -2.50. The highest BCUT2D eigenvalue weighted by molar-refractivity contribution is 5.82. The normalized spacial score (nSPS) is 21.4. The van der Waals surface area contributed by atoms with Crippen LogP contribution in [0.4, 0.5) is 18.9 Å². The van der Waals surface area contributed by atoms with E-state index in [1.54, 1.807) is 16.7 Å². The first-order chi connectivity index (χ1) is 20.2. The Morgan fingerprint density at radius 1 is 1.26 bits per heavy atom. The van der Waals surface area contributed by atoms with E-state index in [1.165, 1.54) is 18.1 Å². The van der Waals surface area contributed by atoms with Gasteiger partial charge in [-0.2, -0.15) is 13.2 Å². The number of halogens is 3. The summed E-state index contributed by atoms with van der Waals surface area (Å²) in [6.45, 7) is 3.00. The molecule has 2 N–H and O–H groups in total. The topological polar surface area (TPSA) is 119 Å². The van der Waals surface area contributed by atoms with Crippen molar-refractivity contribution in [2.24, 2.45) is 5.41 Å². The maximum atomic E-state index is 14.1. The van der Waals surface area contributed by atoms with Crippen molar-refractivity contribution < 1.29 is 22.7 Å². The second kappa shape index (κ2) is 10.9. The number of nitrogens with one attached hydrogen (secondary N) is 2. The zero-order chi connectivity index (χ0) is 29.6. The Morgan fingerprint density at radius 3 is 2.71 bits per heavy atom. The van der Waals surface area contributed by atoms with Crippen LogP contribution in [0.1, 0.15) is 51.1 Å². The Kier molecular flexibility index (Phi) is 7.36. The SMILES string of the molecule is CCc1c(N2CCN[C@H]3CC[C@@H]32)c(=O)c2nn(-c3ccnc(OC)c3)nc2n1CC(=O)NCCC1(C(F)(F)F)CCC1. The van der Waals surface area contributed by atoms with Crippen LogP contribution >= 0.6 is 0 Å². The van der Waals surface area contributed by atoms with Gasteiger partial charge in [-0.15, -0.1) is 15.0 Å². The molecule has 1 amide bonds. The van der Waals surface area contributed by atoms with Gasteiger partial charge in [0.2, 0.25) is 17.2 Å². The molecule has 0 aromatic carbocycles.